The van der Waals surface area contributed by atoms with Crippen molar-refractivity contribution in [2.24, 2.45) is 23.5 Å². The minimum Gasteiger partial charge on any atom is -0.342 e. The standard InChI is InChI=1S/C16H29N3O3S/c1-3-19(23(2,21)22)13-6-8-18(9-7-13)16(20)14-11-4-5-12(10-11)15(14)17/h11-15H,3-10,17H2,1-2H3. The quantitative estimate of drug-likeness (QED) is 0.811. The molecule has 3 aliphatic rings. The van der Waals surface area contributed by atoms with E-state index in [1.807, 2.05) is 11.8 Å². The maximum absolute atomic E-state index is 12.9. The van der Waals surface area contributed by atoms with Crippen molar-refractivity contribution in [2.75, 3.05) is 25.9 Å². The van der Waals surface area contributed by atoms with Crippen LogP contribution in [0, 0.1) is 17.8 Å². The largest absolute Gasteiger partial charge is 0.342 e. The van der Waals surface area contributed by atoms with E-state index in [9.17, 15) is 13.2 Å². The normalized spacial score (nSPS) is 35.2. The van der Waals surface area contributed by atoms with E-state index in [0.717, 1.165) is 25.7 Å². The Morgan fingerprint density at radius 1 is 1.17 bits per heavy atom. The maximum atomic E-state index is 12.9. The average molecular weight is 343 g/mol. The zero-order valence-corrected chi connectivity index (χ0v) is 15.0. The van der Waals surface area contributed by atoms with Crippen molar-refractivity contribution in [1.82, 2.24) is 9.21 Å². The molecule has 0 spiro atoms. The molecule has 7 heteroatoms. The molecule has 6 nitrogen and oxygen atoms in total. The van der Waals surface area contributed by atoms with Crippen molar-refractivity contribution in [3.63, 3.8) is 0 Å². The first kappa shape index (κ1) is 17.2. The molecule has 4 atom stereocenters. The minimum absolute atomic E-state index is 0.00230. The fourth-order valence-corrected chi connectivity index (χ4v) is 6.27. The molecule has 0 radical (unpaired) electrons. The molecule has 1 amide bonds. The maximum Gasteiger partial charge on any atom is 0.227 e. The van der Waals surface area contributed by atoms with E-state index in [0.29, 0.717) is 31.5 Å². The highest BCUT2D eigenvalue weighted by atomic mass is 32.2. The van der Waals surface area contributed by atoms with E-state index >= 15 is 0 Å². The number of sulfonamides is 1. The van der Waals surface area contributed by atoms with Crippen LogP contribution in [0.2, 0.25) is 0 Å². The number of carbonyl (C=O) groups excluding carboxylic acids is 1. The molecule has 1 heterocycles. The molecule has 132 valence electrons. The predicted octanol–water partition coefficient (Wildman–Crippen LogP) is 0.632. The van der Waals surface area contributed by atoms with Gasteiger partial charge in [0.15, 0.2) is 0 Å². The number of fused-ring (bicyclic) bond motifs is 2. The van der Waals surface area contributed by atoms with E-state index in [1.54, 1.807) is 4.31 Å². The Balaban J connectivity index is 1.60. The van der Waals surface area contributed by atoms with Gasteiger partial charge in [-0.05, 0) is 43.9 Å². The topological polar surface area (TPSA) is 83.7 Å². The minimum atomic E-state index is -3.17. The lowest BCUT2D eigenvalue weighted by molar-refractivity contribution is -0.139. The summed E-state index contributed by atoms with van der Waals surface area (Å²) >= 11 is 0. The van der Waals surface area contributed by atoms with Crippen molar-refractivity contribution < 1.29 is 13.2 Å². The van der Waals surface area contributed by atoms with Crippen LogP contribution in [0.1, 0.15) is 39.0 Å². The number of carbonyl (C=O) groups is 1. The van der Waals surface area contributed by atoms with Gasteiger partial charge in [0.05, 0.1) is 12.2 Å². The Bertz CT molecular complexity index is 555. The fraction of sp³-hybridized carbons (Fsp3) is 0.938. The molecule has 4 unspecified atom stereocenters. The molecule has 2 N–H and O–H groups in total. The summed E-state index contributed by atoms with van der Waals surface area (Å²) in [4.78, 5) is 14.8. The molecule has 0 aromatic heterocycles. The molecule has 1 aliphatic heterocycles. The first-order valence-corrected chi connectivity index (χ1v) is 10.7. The zero-order valence-electron chi connectivity index (χ0n) is 14.1. The monoisotopic (exact) mass is 343 g/mol. The summed E-state index contributed by atoms with van der Waals surface area (Å²) in [5.41, 5.74) is 6.29. The molecule has 3 fully saturated rings. The second kappa shape index (κ2) is 6.33. The van der Waals surface area contributed by atoms with Gasteiger partial charge in [-0.1, -0.05) is 6.92 Å². The van der Waals surface area contributed by atoms with Crippen molar-refractivity contribution in [3.8, 4) is 0 Å². The molecular formula is C16H29N3O3S. The first-order chi connectivity index (χ1) is 10.8. The van der Waals surface area contributed by atoms with Crippen LogP contribution in [0.3, 0.4) is 0 Å². The Labute approximate surface area is 139 Å². The number of amides is 1. The van der Waals surface area contributed by atoms with E-state index in [-0.39, 0.29) is 23.9 Å². The van der Waals surface area contributed by atoms with Crippen LogP contribution < -0.4 is 5.73 Å². The van der Waals surface area contributed by atoms with E-state index in [4.69, 9.17) is 5.73 Å². The summed E-state index contributed by atoms with van der Waals surface area (Å²) in [5.74, 6) is 1.23. The number of nitrogens with zero attached hydrogens (tertiary/aromatic N) is 2. The van der Waals surface area contributed by atoms with Crippen LogP contribution in [0.4, 0.5) is 0 Å². The summed E-state index contributed by atoms with van der Waals surface area (Å²) in [5, 5.41) is 0. The Morgan fingerprint density at radius 3 is 2.26 bits per heavy atom. The molecule has 23 heavy (non-hydrogen) atoms. The first-order valence-electron chi connectivity index (χ1n) is 8.84. The van der Waals surface area contributed by atoms with Crippen LogP contribution in [0.15, 0.2) is 0 Å². The van der Waals surface area contributed by atoms with E-state index in [2.05, 4.69) is 0 Å². The van der Waals surface area contributed by atoms with Gasteiger partial charge in [0.1, 0.15) is 0 Å². The Hall–Kier alpha value is -0.660. The van der Waals surface area contributed by atoms with Crippen molar-refractivity contribution >= 4 is 15.9 Å². The van der Waals surface area contributed by atoms with Crippen molar-refractivity contribution in [1.29, 1.82) is 0 Å². The van der Waals surface area contributed by atoms with E-state index in [1.165, 1.54) is 12.7 Å². The number of likely N-dealkylation sites (tertiary alicyclic amines) is 1. The van der Waals surface area contributed by atoms with Gasteiger partial charge in [0.2, 0.25) is 15.9 Å². The molecule has 2 aliphatic carbocycles. The summed E-state index contributed by atoms with van der Waals surface area (Å²) in [6.45, 7) is 3.66. The molecule has 2 bridgehead atoms. The van der Waals surface area contributed by atoms with Crippen LogP contribution >= 0.6 is 0 Å². The van der Waals surface area contributed by atoms with Crippen molar-refractivity contribution in [3.05, 3.63) is 0 Å². The summed E-state index contributed by atoms with van der Waals surface area (Å²) in [6.07, 6.45) is 6.15. The Kier molecular flexibility index (Phi) is 4.73. The van der Waals surface area contributed by atoms with Gasteiger partial charge in [-0.2, -0.15) is 4.31 Å². The van der Waals surface area contributed by atoms with Crippen LogP contribution in [-0.4, -0.2) is 61.5 Å². The fourth-order valence-electron chi connectivity index (χ4n) is 5.05. The van der Waals surface area contributed by atoms with Gasteiger partial charge in [0.25, 0.3) is 0 Å². The lowest BCUT2D eigenvalue weighted by Gasteiger charge is -2.39. The third-order valence-electron chi connectivity index (χ3n) is 6.19. The molecule has 2 saturated carbocycles. The molecule has 0 aromatic rings. The van der Waals surface area contributed by atoms with E-state index < -0.39 is 10.0 Å². The molecule has 3 rings (SSSR count). The van der Waals surface area contributed by atoms with Gasteiger partial charge in [0, 0.05) is 31.7 Å². The number of piperidine rings is 1. The SMILES string of the molecule is CCN(C1CCN(C(=O)C2C3CCC(C3)C2N)CC1)S(C)(=O)=O. The second-order valence-corrected chi connectivity index (χ2v) is 9.39. The number of hydrogen-bond donors (Lipinski definition) is 1. The number of nitrogens with two attached hydrogens (primary N) is 1. The predicted molar refractivity (Wildman–Crippen MR) is 89.1 cm³/mol. The second-order valence-electron chi connectivity index (χ2n) is 7.46. The van der Waals surface area contributed by atoms with Crippen molar-refractivity contribution in [2.45, 2.75) is 51.1 Å². The third kappa shape index (κ3) is 3.15. The average Bonchev–Trinajstić information content (AvgIpc) is 3.07. The summed E-state index contributed by atoms with van der Waals surface area (Å²) in [6, 6.07) is 0.0508. The Morgan fingerprint density at radius 2 is 1.78 bits per heavy atom. The molecule has 0 aromatic carbocycles. The number of rotatable bonds is 4. The van der Waals surface area contributed by atoms with Crippen LogP contribution in [-0.2, 0) is 14.8 Å². The van der Waals surface area contributed by atoms with Gasteiger partial charge >= 0.3 is 0 Å². The molecular weight excluding hydrogens is 314 g/mol. The highest BCUT2D eigenvalue weighted by Gasteiger charge is 2.50. The van der Waals surface area contributed by atoms with Gasteiger partial charge in [-0.25, -0.2) is 8.42 Å². The lowest BCUT2D eigenvalue weighted by Crippen LogP contribution is -2.52. The van der Waals surface area contributed by atoms with Crippen LogP contribution in [0.25, 0.3) is 0 Å². The highest BCUT2D eigenvalue weighted by Crippen LogP contribution is 2.48. The van der Waals surface area contributed by atoms with Crippen LogP contribution in [0.5, 0.6) is 0 Å². The highest BCUT2D eigenvalue weighted by molar-refractivity contribution is 7.88. The lowest BCUT2D eigenvalue weighted by atomic mass is 9.83. The van der Waals surface area contributed by atoms with Gasteiger partial charge in [-0.15, -0.1) is 0 Å². The smallest absolute Gasteiger partial charge is 0.227 e. The summed E-state index contributed by atoms with van der Waals surface area (Å²) in [7, 11) is -3.17. The number of hydrogen-bond acceptors (Lipinski definition) is 4. The summed E-state index contributed by atoms with van der Waals surface area (Å²) < 4.78 is 25.3. The third-order valence-corrected chi connectivity index (χ3v) is 7.60. The zero-order chi connectivity index (χ0) is 16.8. The van der Waals surface area contributed by atoms with Gasteiger partial charge < -0.3 is 10.6 Å². The molecule has 1 saturated heterocycles. The van der Waals surface area contributed by atoms with Gasteiger partial charge in [-0.3, -0.25) is 4.79 Å².